The lowest BCUT2D eigenvalue weighted by molar-refractivity contribution is 0.129. The van der Waals surface area contributed by atoms with Gasteiger partial charge in [-0.1, -0.05) is 0 Å². The molecule has 4 nitrogen and oxygen atoms in total. The van der Waals surface area contributed by atoms with Crippen LogP contribution in [0.4, 0.5) is 17.3 Å². The number of halogens is 4. The maximum Gasteiger partial charge on any atom is 0.673 e. The lowest BCUT2D eigenvalue weighted by Gasteiger charge is -2.16. The average molecular weight is 233 g/mol. The van der Waals surface area contributed by atoms with Crippen molar-refractivity contribution in [2.24, 2.45) is 0 Å². The Morgan fingerprint density at radius 1 is 1.20 bits per heavy atom. The van der Waals surface area contributed by atoms with E-state index in [0.717, 1.165) is 13.2 Å². The van der Waals surface area contributed by atoms with Crippen molar-refractivity contribution in [2.45, 2.75) is 6.92 Å². The zero-order chi connectivity index (χ0) is 11.2. The van der Waals surface area contributed by atoms with E-state index in [4.69, 9.17) is 5.11 Å². The van der Waals surface area contributed by atoms with Gasteiger partial charge in [-0.3, -0.25) is 0 Å². The van der Waals surface area contributed by atoms with Gasteiger partial charge in [-0.2, -0.15) is 0 Å². The first kappa shape index (κ1) is 16.5. The first-order valence-corrected chi connectivity index (χ1v) is 4.01. The molecule has 1 aliphatic rings. The maximum absolute atomic E-state index is 9.75. The zero-order valence-electron chi connectivity index (χ0n) is 8.71. The minimum Gasteiger partial charge on any atom is -0.418 e. The highest BCUT2D eigenvalue weighted by molar-refractivity contribution is 6.50. The SMILES string of the molecule is CCN1C=CN(CO)C1.F[B-](F)(F)F.[NH4+]. The Morgan fingerprint density at radius 3 is 1.80 bits per heavy atom. The van der Waals surface area contributed by atoms with E-state index in [0.29, 0.717) is 0 Å². The van der Waals surface area contributed by atoms with Crippen molar-refractivity contribution in [2.75, 3.05) is 19.9 Å². The maximum atomic E-state index is 9.75. The third-order valence-electron chi connectivity index (χ3n) is 1.44. The van der Waals surface area contributed by atoms with E-state index in [9.17, 15) is 17.3 Å². The molecule has 0 amide bonds. The predicted molar refractivity (Wildman–Crippen MR) is 51.5 cm³/mol. The van der Waals surface area contributed by atoms with Crippen molar-refractivity contribution in [3.8, 4) is 0 Å². The van der Waals surface area contributed by atoms with Crippen molar-refractivity contribution >= 4 is 7.25 Å². The van der Waals surface area contributed by atoms with Crippen molar-refractivity contribution in [3.05, 3.63) is 12.4 Å². The summed E-state index contributed by atoms with van der Waals surface area (Å²) in [5.74, 6) is 0. The summed E-state index contributed by atoms with van der Waals surface area (Å²) in [7, 11) is -6.00. The summed E-state index contributed by atoms with van der Waals surface area (Å²) in [5, 5.41) is 8.63. The Bertz CT molecular complexity index is 172. The van der Waals surface area contributed by atoms with Gasteiger partial charge in [0, 0.05) is 18.9 Å². The van der Waals surface area contributed by atoms with Gasteiger partial charge in [0.2, 0.25) is 0 Å². The first-order chi connectivity index (χ1) is 6.36. The second kappa shape index (κ2) is 7.35. The largest absolute Gasteiger partial charge is 0.673 e. The van der Waals surface area contributed by atoms with Crippen LogP contribution in [-0.2, 0) is 0 Å². The number of aliphatic hydroxyl groups is 1. The monoisotopic (exact) mass is 233 g/mol. The van der Waals surface area contributed by atoms with Crippen LogP contribution < -0.4 is 6.15 Å². The molecule has 0 unspecified atom stereocenters. The van der Waals surface area contributed by atoms with Crippen molar-refractivity contribution in [1.29, 1.82) is 0 Å². The Morgan fingerprint density at radius 2 is 1.60 bits per heavy atom. The van der Waals surface area contributed by atoms with Crippen LogP contribution in [0.15, 0.2) is 12.4 Å². The lowest BCUT2D eigenvalue weighted by Crippen LogP contribution is -2.25. The molecule has 1 heterocycles. The van der Waals surface area contributed by atoms with Gasteiger partial charge >= 0.3 is 7.25 Å². The molecule has 0 fully saturated rings. The van der Waals surface area contributed by atoms with Gasteiger partial charge in [-0.15, -0.1) is 0 Å². The smallest absolute Gasteiger partial charge is 0.418 e. The van der Waals surface area contributed by atoms with Crippen molar-refractivity contribution < 1.29 is 22.4 Å². The summed E-state index contributed by atoms with van der Waals surface area (Å²) in [6.07, 6.45) is 3.87. The van der Waals surface area contributed by atoms with Crippen molar-refractivity contribution in [3.63, 3.8) is 0 Å². The molecule has 0 aromatic rings. The number of hydrogen-bond acceptors (Lipinski definition) is 3. The molecule has 0 radical (unpaired) electrons. The van der Waals surface area contributed by atoms with Crippen LogP contribution in [0.5, 0.6) is 0 Å². The van der Waals surface area contributed by atoms with Gasteiger partial charge in [0.25, 0.3) is 0 Å². The fourth-order valence-corrected chi connectivity index (χ4v) is 0.813. The van der Waals surface area contributed by atoms with Gasteiger partial charge < -0.3 is 38.3 Å². The molecule has 92 valence electrons. The van der Waals surface area contributed by atoms with Gasteiger partial charge in [-0.25, -0.2) is 0 Å². The van der Waals surface area contributed by atoms with Crippen LogP contribution in [0.25, 0.3) is 0 Å². The molecule has 0 saturated carbocycles. The fourth-order valence-electron chi connectivity index (χ4n) is 0.813. The lowest BCUT2D eigenvalue weighted by atomic mass is 10.3. The second-order valence-electron chi connectivity index (χ2n) is 2.57. The molecular formula is C6H16BF4N3O. The number of aliphatic hydroxyl groups excluding tert-OH is 1. The highest BCUT2D eigenvalue weighted by Crippen LogP contribution is 2.06. The molecule has 0 spiro atoms. The molecule has 0 atom stereocenters. The van der Waals surface area contributed by atoms with Crippen LogP contribution >= 0.6 is 0 Å². The summed E-state index contributed by atoms with van der Waals surface area (Å²) in [6, 6.07) is 0. The number of rotatable bonds is 2. The third kappa shape index (κ3) is 11.0. The van der Waals surface area contributed by atoms with E-state index >= 15 is 0 Å². The predicted octanol–water partition coefficient (Wildman–Crippen LogP) is 1.68. The van der Waals surface area contributed by atoms with E-state index in [2.05, 4.69) is 11.8 Å². The van der Waals surface area contributed by atoms with Crippen LogP contribution in [0, 0.1) is 0 Å². The van der Waals surface area contributed by atoms with Crippen LogP contribution in [0.2, 0.25) is 0 Å². The van der Waals surface area contributed by atoms with Gasteiger partial charge in [0.15, 0.2) is 0 Å². The molecule has 1 rings (SSSR count). The van der Waals surface area contributed by atoms with E-state index < -0.39 is 7.25 Å². The van der Waals surface area contributed by atoms with E-state index in [-0.39, 0.29) is 12.9 Å². The number of hydrogen-bond donors (Lipinski definition) is 2. The summed E-state index contributed by atoms with van der Waals surface area (Å²) >= 11 is 0. The van der Waals surface area contributed by atoms with Crippen LogP contribution in [0.1, 0.15) is 6.92 Å². The molecule has 15 heavy (non-hydrogen) atoms. The quantitative estimate of drug-likeness (QED) is 0.563. The Labute approximate surface area is 85.8 Å². The van der Waals surface area contributed by atoms with Gasteiger partial charge in [0.05, 0.1) is 6.67 Å². The molecular weight excluding hydrogens is 217 g/mol. The fraction of sp³-hybridized carbons (Fsp3) is 0.667. The summed E-state index contributed by atoms with van der Waals surface area (Å²) < 4.78 is 39.0. The highest BCUT2D eigenvalue weighted by Gasteiger charge is 2.20. The summed E-state index contributed by atoms with van der Waals surface area (Å²) in [5.41, 5.74) is 0. The normalized spacial score (nSPS) is 14.5. The standard InChI is InChI=1S/C6H12N2O.BF4.H3N/c1-2-7-3-4-8(5-7)6-9;2-1(3,4)5;/h3-4,9H,2,5-6H2,1H3;;1H3/q;-1;/p+1. The van der Waals surface area contributed by atoms with Crippen LogP contribution in [0.3, 0.4) is 0 Å². The van der Waals surface area contributed by atoms with Gasteiger partial charge in [0.1, 0.15) is 6.73 Å². The zero-order valence-corrected chi connectivity index (χ0v) is 8.71. The Kier molecular flexibility index (Phi) is 8.07. The molecule has 9 heteroatoms. The molecule has 0 aromatic heterocycles. The highest BCUT2D eigenvalue weighted by atomic mass is 19.5. The molecule has 1 aliphatic heterocycles. The Hall–Kier alpha value is -0.955. The topological polar surface area (TPSA) is 63.2 Å². The molecule has 0 saturated heterocycles. The molecule has 0 aromatic carbocycles. The third-order valence-corrected chi connectivity index (χ3v) is 1.44. The number of nitrogens with zero attached hydrogens (tertiary/aromatic N) is 2. The first-order valence-electron chi connectivity index (χ1n) is 4.01. The average Bonchev–Trinajstić information content (AvgIpc) is 2.48. The van der Waals surface area contributed by atoms with E-state index in [1.165, 1.54) is 0 Å². The van der Waals surface area contributed by atoms with E-state index in [1.54, 1.807) is 0 Å². The molecule has 0 aliphatic carbocycles. The number of quaternary nitrogens is 1. The summed E-state index contributed by atoms with van der Waals surface area (Å²) in [6.45, 7) is 4.04. The minimum atomic E-state index is -6.00. The minimum absolute atomic E-state index is 0. The molecule has 5 N–H and O–H groups in total. The van der Waals surface area contributed by atoms with Gasteiger partial charge in [-0.05, 0) is 6.92 Å². The van der Waals surface area contributed by atoms with Crippen molar-refractivity contribution in [1.82, 2.24) is 16.0 Å². The second-order valence-corrected chi connectivity index (χ2v) is 2.57. The Balaban J connectivity index is 0. The van der Waals surface area contributed by atoms with Crippen LogP contribution in [-0.4, -0.2) is 42.1 Å². The van der Waals surface area contributed by atoms with E-state index in [1.807, 2.05) is 17.3 Å². The molecule has 0 bridgehead atoms. The summed E-state index contributed by atoms with van der Waals surface area (Å²) in [4.78, 5) is 3.96.